The first-order valence-corrected chi connectivity index (χ1v) is 6.50. The van der Waals surface area contributed by atoms with E-state index < -0.39 is 5.97 Å². The van der Waals surface area contributed by atoms with Crippen molar-refractivity contribution in [3.63, 3.8) is 0 Å². The number of aromatic carboxylic acids is 1. The van der Waals surface area contributed by atoms with Gasteiger partial charge in [-0.2, -0.15) is 0 Å². The van der Waals surface area contributed by atoms with Gasteiger partial charge in [0.25, 0.3) is 0 Å². The number of hydrogen-bond donors (Lipinski definition) is 1. The van der Waals surface area contributed by atoms with Gasteiger partial charge in [0.2, 0.25) is 0 Å². The Balaban J connectivity index is 2.06. The van der Waals surface area contributed by atoms with Crippen molar-refractivity contribution >= 4 is 5.97 Å². The zero-order valence-corrected chi connectivity index (χ0v) is 12.0. The maximum Gasteiger partial charge on any atom is 0.339 e. The summed E-state index contributed by atoms with van der Waals surface area (Å²) < 4.78 is 20.7. The lowest BCUT2D eigenvalue weighted by Crippen LogP contribution is -2.12. The van der Waals surface area contributed by atoms with Gasteiger partial charge in [-0.15, -0.1) is 0 Å². The summed E-state index contributed by atoms with van der Waals surface area (Å²) in [6.07, 6.45) is 2.54. The zero-order chi connectivity index (χ0) is 15.3. The van der Waals surface area contributed by atoms with Crippen LogP contribution in [-0.4, -0.2) is 67.8 Å². The lowest BCUT2D eigenvalue weighted by molar-refractivity contribution is 0.000312. The third-order valence-corrected chi connectivity index (χ3v) is 2.44. The Morgan fingerprint density at radius 3 is 2.33 bits per heavy atom. The fourth-order valence-electron chi connectivity index (χ4n) is 1.40. The molecule has 1 rings (SSSR count). The van der Waals surface area contributed by atoms with E-state index >= 15 is 0 Å². The van der Waals surface area contributed by atoms with E-state index in [1.54, 1.807) is 7.11 Å². The molecule has 0 unspecified atom stereocenters. The van der Waals surface area contributed by atoms with E-state index in [0.717, 1.165) is 0 Å². The molecule has 118 valence electrons. The second-order valence-electron chi connectivity index (χ2n) is 3.96. The van der Waals surface area contributed by atoms with Crippen molar-refractivity contribution in [1.82, 2.24) is 9.97 Å². The largest absolute Gasteiger partial charge is 0.478 e. The number of aromatic nitrogens is 2. The number of carboxylic acid groups (broad SMARTS) is 1. The van der Waals surface area contributed by atoms with Crippen LogP contribution in [0.1, 0.15) is 16.1 Å². The fourth-order valence-corrected chi connectivity index (χ4v) is 1.40. The van der Waals surface area contributed by atoms with Crippen molar-refractivity contribution in [2.75, 3.05) is 46.8 Å². The average Bonchev–Trinajstić information content (AvgIpc) is 2.49. The molecular formula is C13H20N2O6. The van der Waals surface area contributed by atoms with Crippen LogP contribution >= 0.6 is 0 Å². The van der Waals surface area contributed by atoms with Gasteiger partial charge in [-0.25, -0.2) is 14.8 Å². The SMILES string of the molecule is COCCOCCOCCOCc1ncncc1C(=O)O. The molecule has 0 spiro atoms. The molecule has 0 amide bonds. The molecule has 0 radical (unpaired) electrons. The lowest BCUT2D eigenvalue weighted by atomic mass is 10.2. The summed E-state index contributed by atoms with van der Waals surface area (Å²) in [7, 11) is 1.62. The normalized spacial score (nSPS) is 10.7. The molecule has 1 aromatic rings. The van der Waals surface area contributed by atoms with Gasteiger partial charge in [-0.05, 0) is 0 Å². The van der Waals surface area contributed by atoms with Gasteiger partial charge in [0.1, 0.15) is 11.9 Å². The van der Waals surface area contributed by atoms with E-state index in [4.69, 9.17) is 24.1 Å². The summed E-state index contributed by atoms with van der Waals surface area (Å²) in [5, 5.41) is 8.94. The van der Waals surface area contributed by atoms with Gasteiger partial charge in [0.15, 0.2) is 0 Å². The van der Waals surface area contributed by atoms with E-state index in [1.165, 1.54) is 12.5 Å². The molecule has 21 heavy (non-hydrogen) atoms. The first-order valence-electron chi connectivity index (χ1n) is 6.50. The van der Waals surface area contributed by atoms with Crippen molar-refractivity contribution in [3.8, 4) is 0 Å². The molecule has 1 N–H and O–H groups in total. The minimum absolute atomic E-state index is 0.0463. The average molecular weight is 300 g/mol. The molecule has 0 aliphatic carbocycles. The lowest BCUT2D eigenvalue weighted by Gasteiger charge is -2.07. The number of carboxylic acids is 1. The number of methoxy groups -OCH3 is 1. The second kappa shape index (κ2) is 11.1. The number of rotatable bonds is 12. The Kier molecular flexibility index (Phi) is 9.21. The Bertz CT molecular complexity index is 415. The molecule has 1 heterocycles. The summed E-state index contributed by atoms with van der Waals surface area (Å²) in [4.78, 5) is 18.5. The third kappa shape index (κ3) is 7.66. The predicted octanol–water partition coefficient (Wildman–Crippen LogP) is 0.371. The zero-order valence-electron chi connectivity index (χ0n) is 12.0. The van der Waals surface area contributed by atoms with Gasteiger partial charge in [-0.1, -0.05) is 0 Å². The van der Waals surface area contributed by atoms with Gasteiger partial charge in [-0.3, -0.25) is 0 Å². The molecule has 0 aromatic carbocycles. The third-order valence-electron chi connectivity index (χ3n) is 2.44. The number of carbonyl (C=O) groups is 1. The number of hydrogen-bond acceptors (Lipinski definition) is 7. The Morgan fingerprint density at radius 1 is 1.10 bits per heavy atom. The van der Waals surface area contributed by atoms with E-state index in [9.17, 15) is 4.79 Å². The summed E-state index contributed by atoms with van der Waals surface area (Å²) in [5.41, 5.74) is 0.394. The summed E-state index contributed by atoms with van der Waals surface area (Å²) in [6.45, 7) is 2.94. The summed E-state index contributed by atoms with van der Waals surface area (Å²) >= 11 is 0. The highest BCUT2D eigenvalue weighted by Crippen LogP contribution is 2.04. The monoisotopic (exact) mass is 300 g/mol. The Morgan fingerprint density at radius 2 is 1.71 bits per heavy atom. The van der Waals surface area contributed by atoms with Crippen LogP contribution in [0.15, 0.2) is 12.5 Å². The van der Waals surface area contributed by atoms with Crippen LogP contribution in [0.5, 0.6) is 0 Å². The van der Waals surface area contributed by atoms with Crippen molar-refractivity contribution in [1.29, 1.82) is 0 Å². The van der Waals surface area contributed by atoms with Crippen LogP contribution in [0.25, 0.3) is 0 Å². The molecule has 0 aliphatic rings. The first-order chi connectivity index (χ1) is 10.3. The van der Waals surface area contributed by atoms with E-state index in [2.05, 4.69) is 9.97 Å². The Hall–Kier alpha value is -1.61. The van der Waals surface area contributed by atoms with Crippen LogP contribution < -0.4 is 0 Å². The second-order valence-corrected chi connectivity index (χ2v) is 3.96. The molecule has 0 saturated carbocycles. The van der Waals surface area contributed by atoms with E-state index in [0.29, 0.717) is 45.3 Å². The molecule has 0 atom stereocenters. The predicted molar refractivity (Wildman–Crippen MR) is 72.2 cm³/mol. The van der Waals surface area contributed by atoms with Crippen LogP contribution in [0.3, 0.4) is 0 Å². The summed E-state index contributed by atoms with van der Waals surface area (Å²) in [5.74, 6) is -1.07. The highest BCUT2D eigenvalue weighted by molar-refractivity contribution is 5.88. The highest BCUT2D eigenvalue weighted by atomic mass is 16.6. The maximum absolute atomic E-state index is 10.9. The molecule has 0 fully saturated rings. The molecule has 8 heteroatoms. The smallest absolute Gasteiger partial charge is 0.339 e. The van der Waals surface area contributed by atoms with Crippen molar-refractivity contribution in [2.24, 2.45) is 0 Å². The van der Waals surface area contributed by atoms with Crippen LogP contribution in [0, 0.1) is 0 Å². The molecule has 0 aliphatic heterocycles. The van der Waals surface area contributed by atoms with Crippen LogP contribution in [-0.2, 0) is 25.6 Å². The van der Waals surface area contributed by atoms with Gasteiger partial charge in [0, 0.05) is 13.3 Å². The number of ether oxygens (including phenoxy) is 4. The maximum atomic E-state index is 10.9. The molecule has 0 bridgehead atoms. The van der Waals surface area contributed by atoms with Crippen molar-refractivity contribution < 1.29 is 28.8 Å². The summed E-state index contributed by atoms with van der Waals surface area (Å²) in [6, 6.07) is 0. The van der Waals surface area contributed by atoms with Gasteiger partial charge < -0.3 is 24.1 Å². The van der Waals surface area contributed by atoms with Crippen LogP contribution in [0.2, 0.25) is 0 Å². The Labute approximate surface area is 123 Å². The first kappa shape index (κ1) is 17.4. The highest BCUT2D eigenvalue weighted by Gasteiger charge is 2.10. The minimum atomic E-state index is -1.07. The van der Waals surface area contributed by atoms with Crippen molar-refractivity contribution in [3.05, 3.63) is 23.8 Å². The standard InChI is InChI=1S/C13H20N2O6/c1-18-2-3-19-4-5-20-6-7-21-9-12-11(13(16)17)8-14-10-15-12/h8,10H,2-7,9H2,1H3,(H,16,17). The van der Waals surface area contributed by atoms with Crippen LogP contribution in [0.4, 0.5) is 0 Å². The van der Waals surface area contributed by atoms with Crippen molar-refractivity contribution in [2.45, 2.75) is 6.61 Å². The topological polar surface area (TPSA) is 100 Å². The quantitative estimate of drug-likeness (QED) is 0.553. The molecular weight excluding hydrogens is 280 g/mol. The molecule has 8 nitrogen and oxygen atoms in total. The van der Waals surface area contributed by atoms with E-state index in [-0.39, 0.29) is 12.2 Å². The fraction of sp³-hybridized carbons (Fsp3) is 0.615. The van der Waals surface area contributed by atoms with Gasteiger partial charge in [0.05, 0.1) is 51.9 Å². The van der Waals surface area contributed by atoms with E-state index in [1.807, 2.05) is 0 Å². The number of nitrogens with zero attached hydrogens (tertiary/aromatic N) is 2. The molecule has 0 saturated heterocycles. The molecule has 1 aromatic heterocycles. The van der Waals surface area contributed by atoms with Gasteiger partial charge >= 0.3 is 5.97 Å². The minimum Gasteiger partial charge on any atom is -0.478 e.